The summed E-state index contributed by atoms with van der Waals surface area (Å²) in [6.45, 7) is 2.03. The highest BCUT2D eigenvalue weighted by atomic mass is 32.1. The first kappa shape index (κ1) is 19.5. The van der Waals surface area contributed by atoms with Gasteiger partial charge in [-0.15, -0.1) is 11.3 Å². The molecule has 0 atom stereocenters. The van der Waals surface area contributed by atoms with Crippen molar-refractivity contribution in [2.24, 2.45) is 5.10 Å². The largest absolute Gasteiger partial charge is 0.496 e. The van der Waals surface area contributed by atoms with Crippen molar-refractivity contribution in [3.63, 3.8) is 0 Å². The Morgan fingerprint density at radius 3 is 2.67 bits per heavy atom. The monoisotopic (exact) mass is 418 g/mol. The molecule has 8 heteroatoms. The van der Waals surface area contributed by atoms with Gasteiger partial charge in [0, 0.05) is 10.4 Å². The quantitative estimate of drug-likeness (QED) is 0.344. The maximum atomic E-state index is 10.9. The molecule has 30 heavy (non-hydrogen) atoms. The minimum atomic E-state index is -0.959. The zero-order valence-corrected chi connectivity index (χ0v) is 17.1. The van der Waals surface area contributed by atoms with E-state index in [9.17, 15) is 4.79 Å². The van der Waals surface area contributed by atoms with Crippen molar-refractivity contribution in [2.75, 3.05) is 12.5 Å². The van der Waals surface area contributed by atoms with Crippen LogP contribution in [0.15, 0.2) is 60.0 Å². The van der Waals surface area contributed by atoms with E-state index in [0.29, 0.717) is 5.82 Å². The van der Waals surface area contributed by atoms with Gasteiger partial charge < -0.3 is 9.84 Å². The molecule has 4 aromatic rings. The molecule has 4 rings (SSSR count). The van der Waals surface area contributed by atoms with Gasteiger partial charge in [-0.3, -0.25) is 5.43 Å². The average Bonchev–Trinajstić information content (AvgIpc) is 3.11. The zero-order chi connectivity index (χ0) is 21.1. The number of hydrazone groups is 1. The van der Waals surface area contributed by atoms with Gasteiger partial charge in [0.05, 0.1) is 29.1 Å². The van der Waals surface area contributed by atoms with Crippen LogP contribution in [-0.2, 0) is 0 Å². The Hall–Kier alpha value is -3.78. The summed E-state index contributed by atoms with van der Waals surface area (Å²) >= 11 is 1.58. The molecule has 0 spiro atoms. The molecule has 2 heterocycles. The highest BCUT2D eigenvalue weighted by molar-refractivity contribution is 7.23. The van der Waals surface area contributed by atoms with Gasteiger partial charge in [0.25, 0.3) is 0 Å². The summed E-state index contributed by atoms with van der Waals surface area (Å²) in [6.07, 6.45) is 3.12. The van der Waals surface area contributed by atoms with E-state index < -0.39 is 5.97 Å². The number of aromatic nitrogens is 2. The van der Waals surface area contributed by atoms with Gasteiger partial charge in [-0.05, 0) is 42.3 Å². The molecule has 0 saturated heterocycles. The molecule has 0 fully saturated rings. The molecule has 0 bridgehead atoms. The summed E-state index contributed by atoms with van der Waals surface area (Å²) < 4.78 is 6.41. The van der Waals surface area contributed by atoms with E-state index >= 15 is 0 Å². The average molecular weight is 418 g/mol. The van der Waals surface area contributed by atoms with Crippen molar-refractivity contribution in [1.82, 2.24) is 9.97 Å². The topological polar surface area (TPSA) is 96.7 Å². The van der Waals surface area contributed by atoms with Gasteiger partial charge in [-0.2, -0.15) is 5.10 Å². The number of ether oxygens (including phenoxy) is 1. The van der Waals surface area contributed by atoms with Crippen LogP contribution in [0.1, 0.15) is 21.5 Å². The lowest BCUT2D eigenvalue weighted by Gasteiger charge is -2.06. The van der Waals surface area contributed by atoms with E-state index in [1.165, 1.54) is 18.5 Å². The summed E-state index contributed by atoms with van der Waals surface area (Å²) in [5.41, 5.74) is 6.90. The Bertz CT molecular complexity index is 1250. The second-order valence-corrected chi connectivity index (χ2v) is 7.47. The van der Waals surface area contributed by atoms with Gasteiger partial charge >= 0.3 is 5.97 Å². The maximum Gasteiger partial charge on any atom is 0.335 e. The molecule has 2 N–H and O–H groups in total. The first-order valence-electron chi connectivity index (χ1n) is 9.08. The predicted molar refractivity (Wildman–Crippen MR) is 119 cm³/mol. The lowest BCUT2D eigenvalue weighted by Crippen LogP contribution is -1.97. The van der Waals surface area contributed by atoms with Crippen LogP contribution in [0.25, 0.3) is 20.7 Å². The Kier molecular flexibility index (Phi) is 5.40. The smallest absolute Gasteiger partial charge is 0.335 e. The van der Waals surface area contributed by atoms with Crippen molar-refractivity contribution >= 4 is 39.6 Å². The molecule has 0 amide bonds. The minimum absolute atomic E-state index is 0.232. The zero-order valence-electron chi connectivity index (χ0n) is 16.3. The summed E-state index contributed by atoms with van der Waals surface area (Å²) in [5, 5.41) is 13.2. The summed E-state index contributed by atoms with van der Waals surface area (Å²) in [7, 11) is 1.66. The first-order valence-corrected chi connectivity index (χ1v) is 9.90. The number of aryl methyl sites for hydroxylation is 1. The second-order valence-electron chi connectivity index (χ2n) is 6.45. The van der Waals surface area contributed by atoms with Crippen LogP contribution >= 0.6 is 11.3 Å². The van der Waals surface area contributed by atoms with Crippen molar-refractivity contribution in [2.45, 2.75) is 6.92 Å². The molecular formula is C22H18N4O3S. The third kappa shape index (κ3) is 3.72. The summed E-state index contributed by atoms with van der Waals surface area (Å²) in [5.74, 6) is 0.448. The van der Waals surface area contributed by atoms with E-state index in [1.807, 2.05) is 31.2 Å². The van der Waals surface area contributed by atoms with Crippen LogP contribution in [0.3, 0.4) is 0 Å². The van der Waals surface area contributed by atoms with Gasteiger partial charge in [0.1, 0.15) is 12.1 Å². The number of methoxy groups -OCH3 is 1. The highest BCUT2D eigenvalue weighted by Crippen LogP contribution is 2.42. The third-order valence-corrected chi connectivity index (χ3v) is 5.92. The molecule has 2 aromatic heterocycles. The van der Waals surface area contributed by atoms with Gasteiger partial charge in [-0.25, -0.2) is 14.8 Å². The highest BCUT2D eigenvalue weighted by Gasteiger charge is 2.17. The molecular weight excluding hydrogens is 400 g/mol. The number of aromatic carboxylic acids is 1. The first-order chi connectivity index (χ1) is 14.6. The molecule has 0 radical (unpaired) electrons. The fourth-order valence-corrected chi connectivity index (χ4v) is 4.30. The van der Waals surface area contributed by atoms with Crippen molar-refractivity contribution in [3.05, 3.63) is 71.5 Å². The SMILES string of the molecule is COc1ccccc1-c1sc2c(N/N=C/c3ccc(C(=O)O)cc3)ncnc2c1C. The van der Waals surface area contributed by atoms with Crippen LogP contribution in [0.4, 0.5) is 5.82 Å². The second kappa shape index (κ2) is 8.30. The van der Waals surface area contributed by atoms with E-state index in [1.54, 1.807) is 36.8 Å². The number of rotatable bonds is 6. The molecule has 0 unspecified atom stereocenters. The van der Waals surface area contributed by atoms with Crippen LogP contribution in [0.2, 0.25) is 0 Å². The minimum Gasteiger partial charge on any atom is -0.496 e. The number of nitrogens with one attached hydrogen (secondary N) is 1. The van der Waals surface area contributed by atoms with Crippen LogP contribution in [0.5, 0.6) is 5.75 Å². The van der Waals surface area contributed by atoms with Crippen LogP contribution in [0, 0.1) is 6.92 Å². The Morgan fingerprint density at radius 2 is 1.93 bits per heavy atom. The Labute approximate surface area is 176 Å². The van der Waals surface area contributed by atoms with E-state index in [2.05, 4.69) is 20.5 Å². The molecule has 0 saturated carbocycles. The Morgan fingerprint density at radius 1 is 1.17 bits per heavy atom. The van der Waals surface area contributed by atoms with Gasteiger partial charge in [-0.1, -0.05) is 24.3 Å². The molecule has 0 aliphatic heterocycles. The molecule has 0 aliphatic rings. The summed E-state index contributed by atoms with van der Waals surface area (Å²) in [6, 6.07) is 14.3. The third-order valence-electron chi connectivity index (χ3n) is 4.60. The number of carbonyl (C=O) groups is 1. The fraction of sp³-hybridized carbons (Fsp3) is 0.0909. The number of carboxylic acid groups (broad SMARTS) is 1. The number of benzene rings is 2. The van der Waals surface area contributed by atoms with E-state index in [-0.39, 0.29) is 5.56 Å². The predicted octanol–water partition coefficient (Wildman–Crippen LogP) is 4.82. The number of hydrogen-bond donors (Lipinski definition) is 2. The van der Waals surface area contributed by atoms with Gasteiger partial charge in [0.15, 0.2) is 5.82 Å². The number of hydrogen-bond acceptors (Lipinski definition) is 7. The Balaban J connectivity index is 1.64. The van der Waals surface area contributed by atoms with Crippen molar-refractivity contribution < 1.29 is 14.6 Å². The molecule has 7 nitrogen and oxygen atoms in total. The number of fused-ring (bicyclic) bond motifs is 1. The van der Waals surface area contributed by atoms with E-state index in [4.69, 9.17) is 9.84 Å². The normalized spacial score (nSPS) is 11.1. The van der Waals surface area contributed by atoms with Crippen LogP contribution in [-0.4, -0.2) is 34.4 Å². The fourth-order valence-electron chi connectivity index (χ4n) is 3.07. The molecule has 2 aromatic carbocycles. The van der Waals surface area contributed by atoms with Crippen molar-refractivity contribution in [1.29, 1.82) is 0 Å². The number of anilines is 1. The lowest BCUT2D eigenvalue weighted by atomic mass is 10.1. The van der Waals surface area contributed by atoms with Crippen molar-refractivity contribution in [3.8, 4) is 16.2 Å². The molecule has 150 valence electrons. The van der Waals surface area contributed by atoms with Crippen LogP contribution < -0.4 is 10.2 Å². The number of nitrogens with zero attached hydrogens (tertiary/aromatic N) is 3. The molecule has 0 aliphatic carbocycles. The lowest BCUT2D eigenvalue weighted by molar-refractivity contribution is 0.0697. The van der Waals surface area contributed by atoms with E-state index in [0.717, 1.165) is 37.5 Å². The number of carboxylic acids is 1. The number of thiophene rings is 1. The van der Waals surface area contributed by atoms with Gasteiger partial charge in [0.2, 0.25) is 0 Å². The standard InChI is InChI=1S/C22H18N4O3S/c1-13-18-20(30-19(13)16-5-3-4-6-17(16)29-2)21(24-12-23-18)26-25-11-14-7-9-15(10-8-14)22(27)28/h3-12H,1-2H3,(H,27,28)(H,23,24,26)/b25-11+. The number of para-hydroxylation sites is 1. The summed E-state index contributed by atoms with van der Waals surface area (Å²) in [4.78, 5) is 20.8. The maximum absolute atomic E-state index is 10.9.